The minimum absolute atomic E-state index is 0.0696. The molecule has 156 valence electrons. The second-order valence-corrected chi connectivity index (χ2v) is 8.66. The highest BCUT2D eigenvalue weighted by atomic mass is 35.5. The molecule has 0 aromatic heterocycles. The summed E-state index contributed by atoms with van der Waals surface area (Å²) in [6.07, 6.45) is 4.25. The molecule has 0 saturated carbocycles. The van der Waals surface area contributed by atoms with E-state index in [4.69, 9.17) is 33.3 Å². The predicted molar refractivity (Wildman–Crippen MR) is 128 cm³/mol. The summed E-state index contributed by atoms with van der Waals surface area (Å²) in [6, 6.07) is 11.4. The van der Waals surface area contributed by atoms with E-state index >= 15 is 0 Å². The fraction of sp³-hybridized carbons (Fsp3) is 0.217. The number of likely N-dealkylation sites (N-methyl/N-ethyl adjacent to an activating group) is 1. The van der Waals surface area contributed by atoms with Gasteiger partial charge in [-0.25, -0.2) is 0 Å². The Hall–Kier alpha value is -2.28. The van der Waals surface area contributed by atoms with E-state index in [1.165, 1.54) is 11.8 Å². The largest absolute Gasteiger partial charge is 0.493 e. The third-order valence-electron chi connectivity index (χ3n) is 4.52. The topological polar surface area (TPSA) is 38.8 Å². The molecular weight excluding hydrogens is 438 g/mol. The minimum Gasteiger partial charge on any atom is -0.493 e. The fourth-order valence-corrected chi connectivity index (χ4v) is 4.56. The van der Waals surface area contributed by atoms with Crippen molar-refractivity contribution in [2.45, 2.75) is 20.0 Å². The van der Waals surface area contributed by atoms with Gasteiger partial charge >= 0.3 is 0 Å². The number of ether oxygens (including phenoxy) is 2. The lowest BCUT2D eigenvalue weighted by atomic mass is 10.0. The molecule has 1 heterocycles. The predicted octanol–water partition coefficient (Wildman–Crippen LogP) is 5.88. The first-order valence-electron chi connectivity index (χ1n) is 9.41. The van der Waals surface area contributed by atoms with E-state index in [0.717, 1.165) is 16.7 Å². The molecule has 2 aromatic carbocycles. The molecule has 0 bridgehead atoms. The number of thioether (sulfide) groups is 1. The maximum absolute atomic E-state index is 12.5. The van der Waals surface area contributed by atoms with Crippen LogP contribution in [0.1, 0.15) is 23.6 Å². The molecule has 0 unspecified atom stereocenters. The third-order valence-corrected chi connectivity index (χ3v) is 6.15. The van der Waals surface area contributed by atoms with Crippen molar-refractivity contribution in [3.05, 3.63) is 75.7 Å². The highest BCUT2D eigenvalue weighted by Gasteiger charge is 2.30. The molecule has 3 rings (SSSR count). The van der Waals surface area contributed by atoms with Gasteiger partial charge in [0.05, 0.1) is 12.0 Å². The van der Waals surface area contributed by atoms with E-state index in [9.17, 15) is 4.79 Å². The molecule has 1 fully saturated rings. The zero-order valence-corrected chi connectivity index (χ0v) is 19.2. The highest BCUT2D eigenvalue weighted by Crippen LogP contribution is 2.37. The van der Waals surface area contributed by atoms with E-state index in [1.807, 2.05) is 55.5 Å². The van der Waals surface area contributed by atoms with Crippen molar-refractivity contribution in [3.8, 4) is 11.5 Å². The van der Waals surface area contributed by atoms with Crippen LogP contribution in [0.2, 0.25) is 5.02 Å². The Labute approximate surface area is 191 Å². The molecule has 2 aromatic rings. The van der Waals surface area contributed by atoms with Crippen LogP contribution in [0.4, 0.5) is 0 Å². The van der Waals surface area contributed by atoms with Gasteiger partial charge in [0, 0.05) is 17.1 Å². The van der Waals surface area contributed by atoms with Gasteiger partial charge < -0.3 is 9.47 Å². The highest BCUT2D eigenvalue weighted by molar-refractivity contribution is 8.26. The Morgan fingerprint density at radius 2 is 2.00 bits per heavy atom. The number of nitrogens with zero attached hydrogens (tertiary/aromatic N) is 1. The van der Waals surface area contributed by atoms with Gasteiger partial charge in [-0.15, -0.1) is 6.58 Å². The molecule has 30 heavy (non-hydrogen) atoms. The number of halogens is 1. The quantitative estimate of drug-likeness (QED) is 0.280. The Morgan fingerprint density at radius 1 is 1.27 bits per heavy atom. The number of amides is 1. The summed E-state index contributed by atoms with van der Waals surface area (Å²) in [4.78, 5) is 14.7. The van der Waals surface area contributed by atoms with Crippen LogP contribution in [0.5, 0.6) is 11.5 Å². The monoisotopic (exact) mass is 459 g/mol. The van der Waals surface area contributed by atoms with Crippen molar-refractivity contribution in [2.75, 3.05) is 13.7 Å². The molecule has 1 saturated heterocycles. The summed E-state index contributed by atoms with van der Waals surface area (Å²) in [5, 5.41) is 0.682. The molecule has 1 aliphatic rings. The number of benzene rings is 2. The van der Waals surface area contributed by atoms with Gasteiger partial charge in [-0.3, -0.25) is 9.69 Å². The van der Waals surface area contributed by atoms with Crippen molar-refractivity contribution in [2.24, 2.45) is 0 Å². The number of rotatable bonds is 8. The lowest BCUT2D eigenvalue weighted by Gasteiger charge is -2.16. The summed E-state index contributed by atoms with van der Waals surface area (Å²) >= 11 is 12.6. The molecule has 0 radical (unpaired) electrons. The molecule has 7 heteroatoms. The van der Waals surface area contributed by atoms with Crippen LogP contribution in [0.25, 0.3) is 6.08 Å². The second-order valence-electron chi connectivity index (χ2n) is 6.55. The summed E-state index contributed by atoms with van der Waals surface area (Å²) in [7, 11) is 1.60. The van der Waals surface area contributed by atoms with E-state index < -0.39 is 0 Å². The van der Waals surface area contributed by atoms with Crippen LogP contribution in [0.3, 0.4) is 0 Å². The number of carbonyl (C=O) groups is 1. The summed E-state index contributed by atoms with van der Waals surface area (Å²) < 4.78 is 12.3. The Kier molecular flexibility index (Phi) is 7.58. The first-order chi connectivity index (χ1) is 14.5. The maximum Gasteiger partial charge on any atom is 0.266 e. The van der Waals surface area contributed by atoms with Gasteiger partial charge in [0.1, 0.15) is 10.9 Å². The van der Waals surface area contributed by atoms with Gasteiger partial charge in [-0.1, -0.05) is 53.8 Å². The summed E-state index contributed by atoms with van der Waals surface area (Å²) in [5.74, 6) is 1.19. The summed E-state index contributed by atoms with van der Waals surface area (Å²) in [6.45, 7) is 6.70. The smallest absolute Gasteiger partial charge is 0.266 e. The van der Waals surface area contributed by atoms with Gasteiger partial charge in [-0.2, -0.15) is 0 Å². The van der Waals surface area contributed by atoms with Crippen molar-refractivity contribution in [3.63, 3.8) is 0 Å². The van der Waals surface area contributed by atoms with Crippen molar-refractivity contribution < 1.29 is 14.3 Å². The molecule has 0 spiro atoms. The lowest BCUT2D eigenvalue weighted by Crippen LogP contribution is -2.27. The van der Waals surface area contributed by atoms with Gasteiger partial charge in [0.15, 0.2) is 11.5 Å². The molecule has 0 aliphatic carbocycles. The number of hydrogen-bond acceptors (Lipinski definition) is 5. The first kappa shape index (κ1) is 22.4. The summed E-state index contributed by atoms with van der Waals surface area (Å²) in [5.41, 5.74) is 2.77. The standard InChI is InChI=1S/C23H22ClNO3S2/c1-4-6-17-11-16(13-20-22(26)25(5-2)23(29)30-20)12-19(27-3)21(17)28-14-15-7-9-18(24)10-8-15/h4,7-13H,1,5-6,14H2,2-3H3/b20-13+. The van der Waals surface area contributed by atoms with Crippen LogP contribution in [-0.4, -0.2) is 28.8 Å². The molecule has 4 nitrogen and oxygen atoms in total. The van der Waals surface area contributed by atoms with Crippen LogP contribution in [-0.2, 0) is 17.8 Å². The average Bonchev–Trinajstić information content (AvgIpc) is 3.00. The Balaban J connectivity index is 1.92. The molecule has 1 amide bonds. The molecule has 0 N–H and O–H groups in total. The maximum atomic E-state index is 12.5. The van der Waals surface area contributed by atoms with Crippen LogP contribution in [0, 0.1) is 0 Å². The van der Waals surface area contributed by atoms with Crippen molar-refractivity contribution in [1.29, 1.82) is 0 Å². The average molecular weight is 460 g/mol. The van der Waals surface area contributed by atoms with E-state index in [1.54, 1.807) is 12.0 Å². The number of methoxy groups -OCH3 is 1. The van der Waals surface area contributed by atoms with Gasteiger partial charge in [0.2, 0.25) is 0 Å². The van der Waals surface area contributed by atoms with Crippen molar-refractivity contribution >= 4 is 51.9 Å². The molecule has 0 atom stereocenters. The lowest BCUT2D eigenvalue weighted by molar-refractivity contribution is -0.121. The van der Waals surface area contributed by atoms with E-state index in [0.29, 0.717) is 45.3 Å². The molecule has 1 aliphatic heterocycles. The number of allylic oxidation sites excluding steroid dienone is 1. The van der Waals surface area contributed by atoms with Crippen LogP contribution in [0.15, 0.2) is 54.0 Å². The Morgan fingerprint density at radius 3 is 2.60 bits per heavy atom. The van der Waals surface area contributed by atoms with Gasteiger partial charge in [0.25, 0.3) is 5.91 Å². The second kappa shape index (κ2) is 10.2. The SMILES string of the molecule is C=CCc1cc(/C=C2/SC(=S)N(CC)C2=O)cc(OC)c1OCc1ccc(Cl)cc1. The normalized spacial score (nSPS) is 15.0. The van der Waals surface area contributed by atoms with Crippen LogP contribution < -0.4 is 9.47 Å². The number of carbonyl (C=O) groups excluding carboxylic acids is 1. The minimum atomic E-state index is -0.0696. The van der Waals surface area contributed by atoms with Crippen LogP contribution >= 0.6 is 35.6 Å². The zero-order chi connectivity index (χ0) is 21.7. The van der Waals surface area contributed by atoms with Crippen molar-refractivity contribution in [1.82, 2.24) is 4.90 Å². The molecular formula is C23H22ClNO3S2. The number of thiocarbonyl (C=S) groups is 1. The fourth-order valence-electron chi connectivity index (χ4n) is 3.05. The third kappa shape index (κ3) is 5.06. The van der Waals surface area contributed by atoms with Gasteiger partial charge in [-0.05, 0) is 54.8 Å². The first-order valence-corrected chi connectivity index (χ1v) is 11.0. The van der Waals surface area contributed by atoms with E-state index in [2.05, 4.69) is 6.58 Å². The Bertz CT molecular complexity index is 1000. The zero-order valence-electron chi connectivity index (χ0n) is 16.8. The van der Waals surface area contributed by atoms with E-state index in [-0.39, 0.29) is 5.91 Å². The number of hydrogen-bond donors (Lipinski definition) is 0.